The molecule has 1 aromatic carbocycles. The number of rotatable bonds is 3. The SMILES string of the molecule is C=C(c1ccc(F)cc1)c1cncc(C2CCCN2)c1. The zero-order chi connectivity index (χ0) is 13.9. The molecular weight excluding hydrogens is 251 g/mol. The van der Waals surface area contributed by atoms with Crippen molar-refractivity contribution in [2.75, 3.05) is 6.54 Å². The van der Waals surface area contributed by atoms with Crippen LogP contribution in [-0.4, -0.2) is 11.5 Å². The highest BCUT2D eigenvalue weighted by molar-refractivity contribution is 5.77. The predicted molar refractivity (Wildman–Crippen MR) is 78.8 cm³/mol. The molecular formula is C17H17FN2. The van der Waals surface area contributed by atoms with Gasteiger partial charge in [0.25, 0.3) is 0 Å². The summed E-state index contributed by atoms with van der Waals surface area (Å²) in [6.45, 7) is 5.17. The minimum absolute atomic E-state index is 0.233. The maximum absolute atomic E-state index is 13.0. The van der Waals surface area contributed by atoms with Gasteiger partial charge in [0.05, 0.1) is 0 Å². The molecule has 1 aliphatic heterocycles. The monoisotopic (exact) mass is 268 g/mol. The number of hydrogen-bond donors (Lipinski definition) is 1. The Morgan fingerprint density at radius 2 is 2.00 bits per heavy atom. The third kappa shape index (κ3) is 2.63. The van der Waals surface area contributed by atoms with Crippen LogP contribution in [0.4, 0.5) is 4.39 Å². The number of nitrogens with zero attached hydrogens (tertiary/aromatic N) is 1. The molecule has 2 heterocycles. The molecule has 1 unspecified atom stereocenters. The molecule has 1 aromatic heterocycles. The second-order valence-electron chi connectivity index (χ2n) is 5.14. The third-order valence-corrected chi connectivity index (χ3v) is 3.76. The van der Waals surface area contributed by atoms with E-state index in [4.69, 9.17) is 0 Å². The Balaban J connectivity index is 1.87. The van der Waals surface area contributed by atoms with E-state index >= 15 is 0 Å². The van der Waals surface area contributed by atoms with Crippen LogP contribution >= 0.6 is 0 Å². The summed E-state index contributed by atoms with van der Waals surface area (Å²) in [5, 5.41) is 3.47. The zero-order valence-corrected chi connectivity index (χ0v) is 11.3. The topological polar surface area (TPSA) is 24.9 Å². The van der Waals surface area contributed by atoms with E-state index in [2.05, 4.69) is 22.9 Å². The van der Waals surface area contributed by atoms with E-state index in [9.17, 15) is 4.39 Å². The summed E-state index contributed by atoms with van der Waals surface area (Å²) in [7, 11) is 0. The van der Waals surface area contributed by atoms with Gasteiger partial charge < -0.3 is 5.32 Å². The van der Waals surface area contributed by atoms with Crippen LogP contribution in [0.25, 0.3) is 5.57 Å². The Hall–Kier alpha value is -2.00. The molecule has 2 nitrogen and oxygen atoms in total. The molecule has 20 heavy (non-hydrogen) atoms. The average Bonchev–Trinajstić information content (AvgIpc) is 3.02. The van der Waals surface area contributed by atoms with E-state index in [1.54, 1.807) is 12.1 Å². The lowest BCUT2D eigenvalue weighted by molar-refractivity contribution is 0.627. The first-order chi connectivity index (χ1) is 9.74. The summed E-state index contributed by atoms with van der Waals surface area (Å²) >= 11 is 0. The first-order valence-electron chi connectivity index (χ1n) is 6.87. The van der Waals surface area contributed by atoms with Crippen LogP contribution in [0.15, 0.2) is 49.3 Å². The summed E-state index contributed by atoms with van der Waals surface area (Å²) in [5.41, 5.74) is 3.98. The number of aromatic nitrogens is 1. The van der Waals surface area contributed by atoms with Crippen LogP contribution in [0.2, 0.25) is 0 Å². The molecule has 0 aliphatic carbocycles. The number of hydrogen-bond acceptors (Lipinski definition) is 2. The number of halogens is 1. The molecule has 1 saturated heterocycles. The van der Waals surface area contributed by atoms with E-state index in [1.807, 2.05) is 12.4 Å². The Morgan fingerprint density at radius 1 is 1.20 bits per heavy atom. The fraction of sp³-hybridized carbons (Fsp3) is 0.235. The third-order valence-electron chi connectivity index (χ3n) is 3.76. The van der Waals surface area contributed by atoms with Gasteiger partial charge in [-0.05, 0) is 54.3 Å². The van der Waals surface area contributed by atoms with E-state index in [0.717, 1.165) is 29.7 Å². The number of benzene rings is 1. The Labute approximate surface area is 118 Å². The molecule has 3 rings (SSSR count). The molecule has 0 bridgehead atoms. The summed E-state index contributed by atoms with van der Waals surface area (Å²) < 4.78 is 13.0. The molecule has 1 fully saturated rings. The van der Waals surface area contributed by atoms with Crippen molar-refractivity contribution in [2.24, 2.45) is 0 Å². The lowest BCUT2D eigenvalue weighted by Crippen LogP contribution is -2.13. The van der Waals surface area contributed by atoms with Crippen molar-refractivity contribution in [1.82, 2.24) is 10.3 Å². The first kappa shape index (κ1) is 13.0. The normalized spacial score (nSPS) is 18.1. The molecule has 1 atom stereocenters. The number of pyridine rings is 1. The van der Waals surface area contributed by atoms with E-state index < -0.39 is 0 Å². The van der Waals surface area contributed by atoms with Gasteiger partial charge in [0.15, 0.2) is 0 Å². The van der Waals surface area contributed by atoms with Gasteiger partial charge in [-0.3, -0.25) is 4.98 Å². The molecule has 1 N–H and O–H groups in total. The second-order valence-corrected chi connectivity index (χ2v) is 5.14. The van der Waals surface area contributed by atoms with Crippen LogP contribution in [0.5, 0.6) is 0 Å². The lowest BCUT2D eigenvalue weighted by atomic mass is 9.98. The largest absolute Gasteiger partial charge is 0.310 e. The van der Waals surface area contributed by atoms with E-state index in [-0.39, 0.29) is 5.82 Å². The predicted octanol–water partition coefficient (Wildman–Crippen LogP) is 3.71. The summed E-state index contributed by atoms with van der Waals surface area (Å²) in [5.74, 6) is -0.233. The van der Waals surface area contributed by atoms with Crippen molar-refractivity contribution >= 4 is 5.57 Å². The molecule has 0 radical (unpaired) electrons. The van der Waals surface area contributed by atoms with Crippen LogP contribution < -0.4 is 5.32 Å². The van der Waals surface area contributed by atoms with Gasteiger partial charge in [0.2, 0.25) is 0 Å². The minimum atomic E-state index is -0.233. The molecule has 3 heteroatoms. The molecule has 0 spiro atoms. The van der Waals surface area contributed by atoms with E-state index in [0.29, 0.717) is 6.04 Å². The molecule has 0 amide bonds. The molecule has 2 aromatic rings. The highest BCUT2D eigenvalue weighted by Crippen LogP contribution is 2.27. The Bertz CT molecular complexity index is 613. The lowest BCUT2D eigenvalue weighted by Gasteiger charge is -2.12. The highest BCUT2D eigenvalue weighted by Gasteiger charge is 2.17. The highest BCUT2D eigenvalue weighted by atomic mass is 19.1. The standard InChI is InChI=1S/C17H17FN2/c1-12(13-4-6-16(18)7-5-13)14-9-15(11-19-10-14)17-3-2-8-20-17/h4-7,9-11,17,20H,1-3,8H2. The Morgan fingerprint density at radius 3 is 2.70 bits per heavy atom. The second kappa shape index (κ2) is 5.55. The van der Waals surface area contributed by atoms with Crippen molar-refractivity contribution in [1.29, 1.82) is 0 Å². The average molecular weight is 268 g/mol. The van der Waals surface area contributed by atoms with E-state index in [1.165, 1.54) is 24.1 Å². The molecule has 0 saturated carbocycles. The summed E-state index contributed by atoms with van der Waals surface area (Å²) in [6.07, 6.45) is 6.07. The van der Waals surface area contributed by atoms with Crippen LogP contribution in [0, 0.1) is 5.82 Å². The van der Waals surface area contributed by atoms with Crippen molar-refractivity contribution in [3.8, 4) is 0 Å². The molecule has 1 aliphatic rings. The number of nitrogens with one attached hydrogen (secondary N) is 1. The Kier molecular flexibility index (Phi) is 3.61. The van der Waals surface area contributed by atoms with Gasteiger partial charge in [-0.1, -0.05) is 18.7 Å². The van der Waals surface area contributed by atoms with Gasteiger partial charge in [0, 0.05) is 24.0 Å². The van der Waals surface area contributed by atoms with Crippen molar-refractivity contribution in [3.63, 3.8) is 0 Å². The maximum Gasteiger partial charge on any atom is 0.123 e. The van der Waals surface area contributed by atoms with Crippen LogP contribution in [0.1, 0.15) is 35.6 Å². The zero-order valence-electron chi connectivity index (χ0n) is 11.3. The van der Waals surface area contributed by atoms with Gasteiger partial charge in [-0.2, -0.15) is 0 Å². The fourth-order valence-corrected chi connectivity index (χ4v) is 2.60. The van der Waals surface area contributed by atoms with Crippen LogP contribution in [0.3, 0.4) is 0 Å². The molecule has 102 valence electrons. The summed E-state index contributed by atoms with van der Waals surface area (Å²) in [6, 6.07) is 8.92. The fourth-order valence-electron chi connectivity index (χ4n) is 2.60. The maximum atomic E-state index is 13.0. The van der Waals surface area contributed by atoms with Crippen molar-refractivity contribution in [3.05, 3.63) is 71.8 Å². The minimum Gasteiger partial charge on any atom is -0.310 e. The van der Waals surface area contributed by atoms with Gasteiger partial charge in [0.1, 0.15) is 5.82 Å². The van der Waals surface area contributed by atoms with Crippen LogP contribution in [-0.2, 0) is 0 Å². The quantitative estimate of drug-likeness (QED) is 0.918. The van der Waals surface area contributed by atoms with Gasteiger partial charge >= 0.3 is 0 Å². The first-order valence-corrected chi connectivity index (χ1v) is 6.87. The van der Waals surface area contributed by atoms with Crippen molar-refractivity contribution in [2.45, 2.75) is 18.9 Å². The van der Waals surface area contributed by atoms with Gasteiger partial charge in [-0.25, -0.2) is 4.39 Å². The van der Waals surface area contributed by atoms with Gasteiger partial charge in [-0.15, -0.1) is 0 Å². The summed E-state index contributed by atoms with van der Waals surface area (Å²) in [4.78, 5) is 4.32. The smallest absolute Gasteiger partial charge is 0.123 e. The van der Waals surface area contributed by atoms with Crippen molar-refractivity contribution < 1.29 is 4.39 Å².